The highest BCUT2D eigenvalue weighted by atomic mass is 16.1. The molecule has 1 rings (SSSR count). The molecule has 0 aliphatic rings. The molecule has 4 nitrogen and oxygen atoms in total. The number of nitrogens with two attached hydrogens (primary N) is 1. The first-order chi connectivity index (χ1) is 10.2. The van der Waals surface area contributed by atoms with Crippen LogP contribution in [-0.4, -0.2) is 26.3 Å². The van der Waals surface area contributed by atoms with Gasteiger partial charge in [0.15, 0.2) is 0 Å². The number of amides is 1. The molecule has 0 aliphatic carbocycles. The average Bonchev–Trinajstić information content (AvgIpc) is 2.56. The van der Waals surface area contributed by atoms with Crippen molar-refractivity contribution in [2.24, 2.45) is 5.73 Å². The van der Waals surface area contributed by atoms with E-state index < -0.39 is 0 Å². The number of rotatable bonds is 6. The summed E-state index contributed by atoms with van der Waals surface area (Å²) in [5, 5.41) is 2.60. The van der Waals surface area contributed by atoms with Crippen LogP contribution in [0.3, 0.4) is 0 Å². The van der Waals surface area contributed by atoms with Gasteiger partial charge in [0.25, 0.3) is 0 Å². The molecule has 0 aliphatic heterocycles. The van der Waals surface area contributed by atoms with E-state index >= 15 is 0 Å². The molecule has 0 atom stereocenters. The van der Waals surface area contributed by atoms with Crippen LogP contribution in [0.4, 0.5) is 0 Å². The van der Waals surface area contributed by atoms with Crippen LogP contribution in [0.5, 0.6) is 0 Å². The summed E-state index contributed by atoms with van der Waals surface area (Å²) in [6.07, 6.45) is 5.12. The third kappa shape index (κ3) is 20.8. The predicted molar refractivity (Wildman–Crippen MR) is 91.6 cm³/mol. The molecule has 0 fully saturated rings. The molecular weight excluding hydrogens is 264 g/mol. The Morgan fingerprint density at radius 3 is 2.14 bits per heavy atom. The van der Waals surface area contributed by atoms with E-state index in [0.29, 0.717) is 0 Å². The largest absolute Gasteiger partial charge is 0.359 e. The number of aldehydes is 1. The normalized spacial score (nSPS) is 7.71. The van der Waals surface area contributed by atoms with Crippen molar-refractivity contribution in [3.05, 3.63) is 35.4 Å². The summed E-state index contributed by atoms with van der Waals surface area (Å²) in [6.45, 7) is 8.94. The van der Waals surface area contributed by atoms with Crippen molar-refractivity contribution >= 4 is 12.7 Å². The molecule has 1 aromatic carbocycles. The fraction of sp³-hybridized carbons (Fsp3) is 0.529. The Morgan fingerprint density at radius 1 is 1.14 bits per heavy atom. The summed E-state index contributed by atoms with van der Waals surface area (Å²) < 4.78 is 0. The molecule has 0 saturated heterocycles. The van der Waals surface area contributed by atoms with Crippen molar-refractivity contribution < 1.29 is 9.59 Å². The van der Waals surface area contributed by atoms with Crippen LogP contribution < -0.4 is 11.1 Å². The number of carbonyl (C=O) groups excluding carboxylic acids is 2. The van der Waals surface area contributed by atoms with E-state index in [2.05, 4.69) is 18.0 Å². The topological polar surface area (TPSA) is 72.2 Å². The van der Waals surface area contributed by atoms with Gasteiger partial charge in [0, 0.05) is 12.1 Å². The van der Waals surface area contributed by atoms with E-state index in [4.69, 9.17) is 0 Å². The van der Waals surface area contributed by atoms with Gasteiger partial charge in [-0.3, -0.25) is 9.59 Å². The van der Waals surface area contributed by atoms with Crippen LogP contribution in [0.1, 0.15) is 56.0 Å². The molecule has 1 amide bonds. The summed E-state index contributed by atoms with van der Waals surface area (Å²) in [6, 6.07) is 7.49. The molecule has 0 heterocycles. The summed E-state index contributed by atoms with van der Waals surface area (Å²) in [7, 11) is 1.50. The molecule has 3 N–H and O–H groups in total. The highest BCUT2D eigenvalue weighted by molar-refractivity contribution is 5.74. The Labute approximate surface area is 130 Å². The summed E-state index contributed by atoms with van der Waals surface area (Å²) >= 11 is 0. The minimum absolute atomic E-state index is 0.745. The molecule has 122 valence electrons. The quantitative estimate of drug-likeness (QED) is 0.624. The van der Waals surface area contributed by atoms with Gasteiger partial charge < -0.3 is 11.1 Å². The minimum Gasteiger partial charge on any atom is -0.359 e. The Kier molecular flexibility index (Phi) is 27.1. The molecule has 0 spiro atoms. The summed E-state index contributed by atoms with van der Waals surface area (Å²) in [5.41, 5.74) is 6.37. The number of hydrogen-bond donors (Lipinski definition) is 2. The van der Waals surface area contributed by atoms with Crippen molar-refractivity contribution in [3.63, 3.8) is 0 Å². The fourth-order valence-electron chi connectivity index (χ4n) is 1.28. The van der Waals surface area contributed by atoms with E-state index in [1.54, 1.807) is 6.07 Å². The predicted octanol–water partition coefficient (Wildman–Crippen LogP) is 3.33. The highest BCUT2D eigenvalue weighted by Gasteiger charge is 1.86. The fourth-order valence-corrected chi connectivity index (χ4v) is 1.28. The van der Waals surface area contributed by atoms with E-state index in [0.717, 1.165) is 36.8 Å². The zero-order chi connectivity index (χ0) is 16.9. The first-order valence-corrected chi connectivity index (χ1v) is 7.51. The van der Waals surface area contributed by atoms with E-state index in [9.17, 15) is 9.59 Å². The van der Waals surface area contributed by atoms with Crippen LogP contribution >= 0.6 is 0 Å². The molecule has 0 unspecified atom stereocenters. The smallest absolute Gasteiger partial charge is 0.207 e. The number of benzene rings is 1. The Hall–Kier alpha value is -1.68. The van der Waals surface area contributed by atoms with Crippen LogP contribution in [0.15, 0.2) is 24.3 Å². The maximum absolute atomic E-state index is 10.2. The lowest BCUT2D eigenvalue weighted by Crippen LogP contribution is -2.11. The summed E-state index contributed by atoms with van der Waals surface area (Å²) in [5.74, 6) is 0. The molecule has 0 saturated carbocycles. The van der Waals surface area contributed by atoms with Gasteiger partial charge in [-0.2, -0.15) is 0 Å². The van der Waals surface area contributed by atoms with Crippen LogP contribution in [0, 0.1) is 6.92 Å². The molecule has 0 bridgehead atoms. The molecule has 21 heavy (non-hydrogen) atoms. The molecule has 1 aromatic rings. The van der Waals surface area contributed by atoms with Crippen LogP contribution in [-0.2, 0) is 4.79 Å². The number of nitrogens with one attached hydrogen (secondary N) is 1. The Bertz CT molecular complexity index is 328. The van der Waals surface area contributed by atoms with Crippen LogP contribution in [0.25, 0.3) is 0 Å². The van der Waals surface area contributed by atoms with E-state index in [1.807, 2.05) is 39.0 Å². The lowest BCUT2D eigenvalue weighted by Gasteiger charge is -1.93. The lowest BCUT2D eigenvalue weighted by molar-refractivity contribution is -0.109. The van der Waals surface area contributed by atoms with Crippen molar-refractivity contribution in [2.75, 3.05) is 13.6 Å². The minimum atomic E-state index is 0.745. The van der Waals surface area contributed by atoms with Crippen molar-refractivity contribution in [1.29, 1.82) is 0 Å². The van der Waals surface area contributed by atoms with E-state index in [1.165, 1.54) is 19.9 Å². The first kappa shape index (κ1) is 24.3. The summed E-state index contributed by atoms with van der Waals surface area (Å²) in [4.78, 5) is 19.8. The Morgan fingerprint density at radius 2 is 1.76 bits per heavy atom. The number of aryl methyl sites for hydroxylation is 1. The average molecular weight is 296 g/mol. The number of unbranched alkanes of at least 4 members (excludes halogenated alkanes) is 2. The monoisotopic (exact) mass is 296 g/mol. The molecule has 4 heteroatoms. The maximum atomic E-state index is 10.2. The zero-order valence-electron chi connectivity index (χ0n) is 14.2. The van der Waals surface area contributed by atoms with Gasteiger partial charge in [-0.25, -0.2) is 0 Å². The third-order valence-electron chi connectivity index (χ3n) is 2.19. The van der Waals surface area contributed by atoms with Crippen LogP contribution in [0.2, 0.25) is 0 Å². The Balaban J connectivity index is -0.000000251. The van der Waals surface area contributed by atoms with Crippen molar-refractivity contribution in [3.8, 4) is 0 Å². The van der Waals surface area contributed by atoms with Crippen molar-refractivity contribution in [1.82, 2.24) is 5.32 Å². The molecular formula is C17H32N2O2. The highest BCUT2D eigenvalue weighted by Crippen LogP contribution is 1.99. The second-order valence-electron chi connectivity index (χ2n) is 3.81. The lowest BCUT2D eigenvalue weighted by atomic mass is 10.2. The van der Waals surface area contributed by atoms with Crippen molar-refractivity contribution in [2.45, 2.75) is 47.0 Å². The number of hydrogen-bond acceptors (Lipinski definition) is 3. The molecule has 0 aromatic heterocycles. The van der Waals surface area contributed by atoms with Gasteiger partial charge in [0.05, 0.1) is 0 Å². The maximum Gasteiger partial charge on any atom is 0.207 e. The SMILES string of the molecule is CC.CCCCCNC=O.CN.Cc1cccc(C=O)c1. The standard InChI is InChI=1S/C8H8O.C6H13NO.C2H6.CH5N/c1-7-3-2-4-8(5-7)6-9;1-2-3-4-5-7-6-8;2*1-2/h2-6H,1H3;6H,2-5H2,1H3,(H,7,8);1-2H3;2H2,1H3. The second-order valence-corrected chi connectivity index (χ2v) is 3.81. The first-order valence-electron chi connectivity index (χ1n) is 7.51. The molecule has 0 radical (unpaired) electrons. The van der Waals surface area contributed by atoms with E-state index in [-0.39, 0.29) is 0 Å². The zero-order valence-corrected chi connectivity index (χ0v) is 14.2. The third-order valence-corrected chi connectivity index (χ3v) is 2.19. The van der Waals surface area contributed by atoms with Gasteiger partial charge in [0.1, 0.15) is 6.29 Å². The van der Waals surface area contributed by atoms with Gasteiger partial charge in [-0.05, 0) is 26.5 Å². The van der Waals surface area contributed by atoms with Gasteiger partial charge >= 0.3 is 0 Å². The number of carbonyl (C=O) groups is 2. The second kappa shape index (κ2) is 23.4. The van der Waals surface area contributed by atoms with Gasteiger partial charge in [-0.15, -0.1) is 0 Å². The van der Waals surface area contributed by atoms with Gasteiger partial charge in [-0.1, -0.05) is 57.4 Å². The van der Waals surface area contributed by atoms with Gasteiger partial charge in [0.2, 0.25) is 6.41 Å².